The van der Waals surface area contributed by atoms with Crippen LogP contribution in [0.15, 0.2) is 34.2 Å². The number of guanidine groups is 1. The van der Waals surface area contributed by atoms with Crippen molar-refractivity contribution in [2.45, 2.75) is 32.2 Å². The second-order valence-electron chi connectivity index (χ2n) is 5.26. The number of hydrogen-bond acceptors (Lipinski definition) is 4. The van der Waals surface area contributed by atoms with Crippen LogP contribution in [0.3, 0.4) is 0 Å². The molecule has 23 heavy (non-hydrogen) atoms. The van der Waals surface area contributed by atoms with Gasteiger partial charge in [0.05, 0.1) is 17.2 Å². The van der Waals surface area contributed by atoms with Crippen molar-refractivity contribution < 1.29 is 0 Å². The van der Waals surface area contributed by atoms with Gasteiger partial charge < -0.3 is 10.6 Å². The van der Waals surface area contributed by atoms with Crippen LogP contribution in [-0.4, -0.2) is 30.3 Å². The highest BCUT2D eigenvalue weighted by molar-refractivity contribution is 7.99. The molecule has 124 valence electrons. The van der Waals surface area contributed by atoms with Crippen LogP contribution < -0.4 is 10.6 Å². The number of aryl methyl sites for hydroxylation is 3. The number of aromatic nitrogens is 1. The molecule has 0 saturated heterocycles. The van der Waals surface area contributed by atoms with Gasteiger partial charge in [-0.25, -0.2) is 4.98 Å². The van der Waals surface area contributed by atoms with Crippen LogP contribution in [0.25, 0.3) is 0 Å². The van der Waals surface area contributed by atoms with Gasteiger partial charge in [-0.1, -0.05) is 17.7 Å². The molecule has 0 aliphatic rings. The summed E-state index contributed by atoms with van der Waals surface area (Å²) in [5.41, 5.74) is 2.40. The molecule has 2 aromatic rings. The van der Waals surface area contributed by atoms with Crippen molar-refractivity contribution in [1.29, 1.82) is 0 Å². The van der Waals surface area contributed by atoms with Gasteiger partial charge in [0.1, 0.15) is 0 Å². The van der Waals surface area contributed by atoms with Crippen LogP contribution in [0, 0.1) is 20.8 Å². The van der Waals surface area contributed by atoms with E-state index < -0.39 is 0 Å². The fraction of sp³-hybridized carbons (Fsp3) is 0.412. The lowest BCUT2D eigenvalue weighted by molar-refractivity contribution is 0.835. The van der Waals surface area contributed by atoms with E-state index in [0.29, 0.717) is 0 Å². The number of nitrogens with one attached hydrogen (secondary N) is 2. The third-order valence-electron chi connectivity index (χ3n) is 3.32. The smallest absolute Gasteiger partial charge is 0.191 e. The molecular weight excluding hydrogens is 324 g/mol. The summed E-state index contributed by atoms with van der Waals surface area (Å²) in [7, 11) is 1.80. The van der Waals surface area contributed by atoms with Gasteiger partial charge in [-0.05, 0) is 32.9 Å². The normalized spacial score (nSPS) is 11.6. The lowest BCUT2D eigenvalue weighted by atomic mass is 10.2. The maximum absolute atomic E-state index is 4.44. The number of benzene rings is 1. The molecule has 2 rings (SSSR count). The minimum Gasteiger partial charge on any atom is -0.356 e. The Morgan fingerprint density at radius 1 is 1.17 bits per heavy atom. The molecule has 0 aliphatic heterocycles. The summed E-state index contributed by atoms with van der Waals surface area (Å²) < 4.78 is 0. The Balaban J connectivity index is 1.70. The molecule has 1 heterocycles. The van der Waals surface area contributed by atoms with Gasteiger partial charge >= 0.3 is 0 Å². The van der Waals surface area contributed by atoms with Crippen LogP contribution in [0.2, 0.25) is 0 Å². The van der Waals surface area contributed by atoms with E-state index in [2.05, 4.69) is 58.7 Å². The molecule has 0 saturated carbocycles. The zero-order valence-electron chi connectivity index (χ0n) is 14.1. The molecule has 1 aromatic carbocycles. The van der Waals surface area contributed by atoms with E-state index in [1.807, 2.05) is 18.7 Å². The van der Waals surface area contributed by atoms with E-state index >= 15 is 0 Å². The minimum atomic E-state index is 0.766. The second kappa shape index (κ2) is 8.93. The predicted octanol–water partition coefficient (Wildman–Crippen LogP) is 3.53. The van der Waals surface area contributed by atoms with E-state index in [1.54, 1.807) is 18.4 Å². The molecule has 0 amide bonds. The van der Waals surface area contributed by atoms with Crippen molar-refractivity contribution in [3.63, 3.8) is 0 Å². The number of nitrogens with zero attached hydrogens (tertiary/aromatic N) is 2. The average molecular weight is 349 g/mol. The highest BCUT2D eigenvalue weighted by Gasteiger charge is 2.05. The van der Waals surface area contributed by atoms with Gasteiger partial charge in [0, 0.05) is 29.1 Å². The largest absolute Gasteiger partial charge is 0.356 e. The lowest BCUT2D eigenvalue weighted by Crippen LogP contribution is -2.37. The zero-order valence-corrected chi connectivity index (χ0v) is 15.8. The van der Waals surface area contributed by atoms with Crippen molar-refractivity contribution in [1.82, 2.24) is 15.6 Å². The number of aliphatic imine (C=N–C) groups is 1. The SMILES string of the molecule is CN=C(NCCSc1ccc(C)cc1)NCc1sc(C)nc1C. The maximum atomic E-state index is 4.44. The van der Waals surface area contributed by atoms with Crippen molar-refractivity contribution in [3.05, 3.63) is 45.4 Å². The van der Waals surface area contributed by atoms with Crippen molar-refractivity contribution >= 4 is 29.1 Å². The summed E-state index contributed by atoms with van der Waals surface area (Å²) in [6.45, 7) is 7.84. The molecule has 4 nitrogen and oxygen atoms in total. The number of hydrogen-bond donors (Lipinski definition) is 2. The van der Waals surface area contributed by atoms with Crippen molar-refractivity contribution in [2.24, 2.45) is 4.99 Å². The van der Waals surface area contributed by atoms with Crippen molar-refractivity contribution in [2.75, 3.05) is 19.3 Å². The topological polar surface area (TPSA) is 49.3 Å². The zero-order chi connectivity index (χ0) is 16.7. The molecule has 0 unspecified atom stereocenters. The Morgan fingerprint density at radius 2 is 1.91 bits per heavy atom. The molecule has 0 aliphatic carbocycles. The number of thioether (sulfide) groups is 1. The Labute approximate surface area is 146 Å². The Hall–Kier alpha value is -1.53. The van der Waals surface area contributed by atoms with Gasteiger partial charge in [0.25, 0.3) is 0 Å². The molecule has 2 N–H and O–H groups in total. The van der Waals surface area contributed by atoms with Crippen LogP contribution in [0.1, 0.15) is 21.1 Å². The van der Waals surface area contributed by atoms with E-state index in [0.717, 1.165) is 35.5 Å². The molecule has 6 heteroatoms. The second-order valence-corrected chi connectivity index (χ2v) is 7.71. The fourth-order valence-electron chi connectivity index (χ4n) is 2.09. The van der Waals surface area contributed by atoms with Crippen LogP contribution in [-0.2, 0) is 6.54 Å². The number of thiazole rings is 1. The molecule has 0 spiro atoms. The van der Waals surface area contributed by atoms with E-state index in [1.165, 1.54) is 15.3 Å². The molecular formula is C17H24N4S2. The Bertz CT molecular complexity index is 647. The van der Waals surface area contributed by atoms with Crippen LogP contribution in [0.4, 0.5) is 0 Å². The number of rotatable bonds is 6. The molecule has 0 bridgehead atoms. The quantitative estimate of drug-likeness (QED) is 0.363. The molecule has 0 radical (unpaired) electrons. The highest BCUT2D eigenvalue weighted by Crippen LogP contribution is 2.18. The summed E-state index contributed by atoms with van der Waals surface area (Å²) >= 11 is 3.58. The summed E-state index contributed by atoms with van der Waals surface area (Å²) in [6.07, 6.45) is 0. The molecule has 0 atom stereocenters. The standard InChI is InChI=1S/C17H24N4S2/c1-12-5-7-15(8-6-12)22-10-9-19-17(18-4)20-11-16-13(2)21-14(3)23-16/h5-8H,9-11H2,1-4H3,(H2,18,19,20). The van der Waals surface area contributed by atoms with E-state index in [9.17, 15) is 0 Å². The first-order valence-corrected chi connectivity index (χ1v) is 9.45. The van der Waals surface area contributed by atoms with E-state index in [4.69, 9.17) is 0 Å². The lowest BCUT2D eigenvalue weighted by Gasteiger charge is -2.11. The van der Waals surface area contributed by atoms with Gasteiger partial charge in [-0.3, -0.25) is 4.99 Å². The highest BCUT2D eigenvalue weighted by atomic mass is 32.2. The van der Waals surface area contributed by atoms with Crippen LogP contribution in [0.5, 0.6) is 0 Å². The molecule has 0 fully saturated rings. The van der Waals surface area contributed by atoms with E-state index in [-0.39, 0.29) is 0 Å². The first-order valence-electron chi connectivity index (χ1n) is 7.65. The van der Waals surface area contributed by atoms with Crippen LogP contribution >= 0.6 is 23.1 Å². The fourth-order valence-corrected chi connectivity index (χ4v) is 3.74. The average Bonchev–Trinajstić information content (AvgIpc) is 2.86. The van der Waals surface area contributed by atoms with Gasteiger partial charge in [-0.15, -0.1) is 23.1 Å². The first-order chi connectivity index (χ1) is 11.1. The third-order valence-corrected chi connectivity index (χ3v) is 5.41. The summed E-state index contributed by atoms with van der Waals surface area (Å²) in [4.78, 5) is 11.3. The Kier molecular flexibility index (Phi) is 6.92. The van der Waals surface area contributed by atoms with Gasteiger partial charge in [-0.2, -0.15) is 0 Å². The summed E-state index contributed by atoms with van der Waals surface area (Å²) in [6, 6.07) is 8.63. The third kappa shape index (κ3) is 5.88. The van der Waals surface area contributed by atoms with Crippen molar-refractivity contribution in [3.8, 4) is 0 Å². The maximum Gasteiger partial charge on any atom is 0.191 e. The van der Waals surface area contributed by atoms with Gasteiger partial charge in [0.2, 0.25) is 0 Å². The Morgan fingerprint density at radius 3 is 2.52 bits per heavy atom. The molecule has 1 aromatic heterocycles. The predicted molar refractivity (Wildman–Crippen MR) is 102 cm³/mol. The van der Waals surface area contributed by atoms with Gasteiger partial charge in [0.15, 0.2) is 5.96 Å². The first kappa shape index (κ1) is 17.8. The summed E-state index contributed by atoms with van der Waals surface area (Å²) in [5, 5.41) is 7.80. The monoisotopic (exact) mass is 348 g/mol. The summed E-state index contributed by atoms with van der Waals surface area (Å²) in [5.74, 6) is 1.84. The minimum absolute atomic E-state index is 0.766.